The molecule has 0 saturated heterocycles. The Morgan fingerprint density at radius 3 is 2.86 bits per heavy atom. The summed E-state index contributed by atoms with van der Waals surface area (Å²) in [6.07, 6.45) is 1.29. The van der Waals surface area contributed by atoms with E-state index in [1.807, 2.05) is 0 Å². The largest absolute Gasteiger partial charge is 0.462 e. The standard InChI is InChI=1S/C14H13F2N3O2/c1-2-21-14(20)10-6-9(17)7-18-13(10)19-12-5-8(15)3-4-11(12)16/h3-7H,2,17H2,1H3,(H,18,19). The number of nitrogens with one attached hydrogen (secondary N) is 1. The van der Waals surface area contributed by atoms with Crippen LogP contribution in [0.4, 0.5) is 26.0 Å². The third-order valence-corrected chi connectivity index (χ3v) is 2.59. The average molecular weight is 293 g/mol. The number of ether oxygens (including phenoxy) is 1. The number of rotatable bonds is 4. The van der Waals surface area contributed by atoms with E-state index < -0.39 is 17.6 Å². The van der Waals surface area contributed by atoms with Gasteiger partial charge in [0.1, 0.15) is 23.0 Å². The fourth-order valence-electron chi connectivity index (χ4n) is 1.67. The van der Waals surface area contributed by atoms with E-state index in [-0.39, 0.29) is 29.4 Å². The second-order valence-corrected chi connectivity index (χ2v) is 4.13. The zero-order valence-electron chi connectivity index (χ0n) is 11.2. The quantitative estimate of drug-likeness (QED) is 0.848. The van der Waals surface area contributed by atoms with Gasteiger partial charge in [0.2, 0.25) is 0 Å². The van der Waals surface area contributed by atoms with Gasteiger partial charge in [-0.3, -0.25) is 0 Å². The monoisotopic (exact) mass is 293 g/mol. The Bertz CT molecular complexity index is 677. The van der Waals surface area contributed by atoms with Crippen LogP contribution in [0.25, 0.3) is 0 Å². The number of benzene rings is 1. The number of anilines is 3. The molecule has 0 radical (unpaired) electrons. The van der Waals surface area contributed by atoms with Crippen molar-refractivity contribution in [2.75, 3.05) is 17.7 Å². The molecule has 7 heteroatoms. The molecule has 0 aliphatic heterocycles. The summed E-state index contributed by atoms with van der Waals surface area (Å²) in [5.41, 5.74) is 5.73. The molecule has 2 aromatic rings. The molecule has 21 heavy (non-hydrogen) atoms. The van der Waals surface area contributed by atoms with Crippen LogP contribution in [0.15, 0.2) is 30.5 Å². The lowest BCUT2D eigenvalue weighted by Gasteiger charge is -2.11. The van der Waals surface area contributed by atoms with Crippen LogP contribution in [0.1, 0.15) is 17.3 Å². The summed E-state index contributed by atoms with van der Waals surface area (Å²) in [6, 6.07) is 4.27. The maximum absolute atomic E-state index is 13.6. The number of carbonyl (C=O) groups is 1. The van der Waals surface area contributed by atoms with E-state index in [2.05, 4.69) is 10.3 Å². The summed E-state index contributed by atoms with van der Waals surface area (Å²) >= 11 is 0. The number of halogens is 2. The van der Waals surface area contributed by atoms with E-state index >= 15 is 0 Å². The van der Waals surface area contributed by atoms with E-state index in [1.165, 1.54) is 12.3 Å². The van der Waals surface area contributed by atoms with E-state index in [0.29, 0.717) is 0 Å². The summed E-state index contributed by atoms with van der Waals surface area (Å²) in [7, 11) is 0. The first-order chi connectivity index (χ1) is 10.0. The molecule has 1 aromatic heterocycles. The van der Waals surface area contributed by atoms with Crippen LogP contribution in [0.3, 0.4) is 0 Å². The van der Waals surface area contributed by atoms with Crippen molar-refractivity contribution < 1.29 is 18.3 Å². The molecule has 0 fully saturated rings. The van der Waals surface area contributed by atoms with Gasteiger partial charge in [-0.15, -0.1) is 0 Å². The first kappa shape index (κ1) is 14.7. The molecule has 0 amide bonds. The van der Waals surface area contributed by atoms with Gasteiger partial charge in [-0.05, 0) is 25.1 Å². The first-order valence-corrected chi connectivity index (χ1v) is 6.16. The van der Waals surface area contributed by atoms with Gasteiger partial charge in [0.25, 0.3) is 0 Å². The lowest BCUT2D eigenvalue weighted by molar-refractivity contribution is 0.0527. The summed E-state index contributed by atoms with van der Waals surface area (Å²) in [5, 5.41) is 2.57. The van der Waals surface area contributed by atoms with Gasteiger partial charge in [0.15, 0.2) is 0 Å². The summed E-state index contributed by atoms with van der Waals surface area (Å²) < 4.78 is 31.6. The average Bonchev–Trinajstić information content (AvgIpc) is 2.45. The van der Waals surface area contributed by atoms with Crippen LogP contribution in [-0.4, -0.2) is 17.6 Å². The van der Waals surface area contributed by atoms with Gasteiger partial charge in [0, 0.05) is 6.07 Å². The molecule has 0 unspecified atom stereocenters. The third kappa shape index (κ3) is 3.44. The Balaban J connectivity index is 2.39. The van der Waals surface area contributed by atoms with E-state index in [1.54, 1.807) is 6.92 Å². The summed E-state index contributed by atoms with van der Waals surface area (Å²) in [5.74, 6) is -1.92. The Morgan fingerprint density at radius 1 is 1.38 bits per heavy atom. The predicted molar refractivity (Wildman–Crippen MR) is 74.2 cm³/mol. The van der Waals surface area contributed by atoms with Crippen molar-refractivity contribution in [2.45, 2.75) is 6.92 Å². The van der Waals surface area contributed by atoms with E-state index in [0.717, 1.165) is 18.2 Å². The number of hydrogen-bond donors (Lipinski definition) is 2. The number of hydrogen-bond acceptors (Lipinski definition) is 5. The third-order valence-electron chi connectivity index (χ3n) is 2.59. The van der Waals surface area contributed by atoms with Crippen LogP contribution in [0.2, 0.25) is 0 Å². The molecule has 0 saturated carbocycles. The van der Waals surface area contributed by atoms with Crippen molar-refractivity contribution in [3.05, 3.63) is 47.7 Å². The van der Waals surface area contributed by atoms with Crippen molar-refractivity contribution in [2.24, 2.45) is 0 Å². The van der Waals surface area contributed by atoms with Gasteiger partial charge >= 0.3 is 5.97 Å². The SMILES string of the molecule is CCOC(=O)c1cc(N)cnc1Nc1cc(F)ccc1F. The number of pyridine rings is 1. The maximum Gasteiger partial charge on any atom is 0.341 e. The molecule has 0 aliphatic carbocycles. The van der Waals surface area contributed by atoms with Crippen LogP contribution in [0.5, 0.6) is 0 Å². The highest BCUT2D eigenvalue weighted by molar-refractivity contribution is 5.96. The second-order valence-electron chi connectivity index (χ2n) is 4.13. The van der Waals surface area contributed by atoms with Crippen LogP contribution >= 0.6 is 0 Å². The Morgan fingerprint density at radius 2 is 2.14 bits per heavy atom. The molecule has 3 N–H and O–H groups in total. The minimum absolute atomic E-state index is 0.0344. The second kappa shape index (κ2) is 6.17. The lowest BCUT2D eigenvalue weighted by atomic mass is 10.2. The predicted octanol–water partition coefficient (Wildman–Crippen LogP) is 2.86. The molecule has 5 nitrogen and oxygen atoms in total. The zero-order valence-corrected chi connectivity index (χ0v) is 11.2. The van der Waals surface area contributed by atoms with Crippen molar-refractivity contribution in [1.29, 1.82) is 0 Å². The molecule has 0 spiro atoms. The van der Waals surface area contributed by atoms with Crippen LogP contribution in [0, 0.1) is 11.6 Å². The smallest absolute Gasteiger partial charge is 0.341 e. The molecule has 2 rings (SSSR count). The van der Waals surface area contributed by atoms with E-state index in [9.17, 15) is 13.6 Å². The Labute approximate surface area is 119 Å². The molecule has 0 aliphatic rings. The molecular formula is C14H13F2N3O2. The van der Waals surface area contributed by atoms with Crippen molar-refractivity contribution in [3.63, 3.8) is 0 Å². The van der Waals surface area contributed by atoms with Crippen molar-refractivity contribution in [1.82, 2.24) is 4.98 Å². The highest BCUT2D eigenvalue weighted by Gasteiger charge is 2.16. The first-order valence-electron chi connectivity index (χ1n) is 6.16. The molecule has 1 aromatic carbocycles. The normalized spacial score (nSPS) is 10.2. The number of carbonyl (C=O) groups excluding carboxylic acids is 1. The molecule has 110 valence electrons. The maximum atomic E-state index is 13.6. The topological polar surface area (TPSA) is 77.2 Å². The number of nitrogens with two attached hydrogens (primary N) is 1. The van der Waals surface area contributed by atoms with Gasteiger partial charge in [-0.1, -0.05) is 0 Å². The molecule has 0 atom stereocenters. The highest BCUT2D eigenvalue weighted by Crippen LogP contribution is 2.24. The molecule has 0 bridgehead atoms. The van der Waals surface area contributed by atoms with Gasteiger partial charge in [-0.2, -0.15) is 0 Å². The van der Waals surface area contributed by atoms with Crippen molar-refractivity contribution in [3.8, 4) is 0 Å². The van der Waals surface area contributed by atoms with Gasteiger partial charge in [-0.25, -0.2) is 18.6 Å². The summed E-state index contributed by atoms with van der Waals surface area (Å²) in [6.45, 7) is 1.82. The number of esters is 1. The fourth-order valence-corrected chi connectivity index (χ4v) is 1.67. The number of aromatic nitrogens is 1. The summed E-state index contributed by atoms with van der Waals surface area (Å²) in [4.78, 5) is 15.8. The minimum atomic E-state index is -0.676. The Kier molecular flexibility index (Phi) is 4.32. The Hall–Kier alpha value is -2.70. The van der Waals surface area contributed by atoms with Crippen molar-refractivity contribution >= 4 is 23.2 Å². The van der Waals surface area contributed by atoms with Crippen LogP contribution in [-0.2, 0) is 4.74 Å². The molecule has 1 heterocycles. The fraction of sp³-hybridized carbons (Fsp3) is 0.143. The van der Waals surface area contributed by atoms with Crippen LogP contribution < -0.4 is 11.1 Å². The van der Waals surface area contributed by atoms with E-state index in [4.69, 9.17) is 10.5 Å². The highest BCUT2D eigenvalue weighted by atomic mass is 19.1. The van der Waals surface area contributed by atoms with Gasteiger partial charge < -0.3 is 15.8 Å². The minimum Gasteiger partial charge on any atom is -0.462 e. The number of nitrogen functional groups attached to an aromatic ring is 1. The molecular weight excluding hydrogens is 280 g/mol. The lowest BCUT2D eigenvalue weighted by Crippen LogP contribution is -2.10. The number of nitrogens with zero attached hydrogens (tertiary/aromatic N) is 1. The zero-order chi connectivity index (χ0) is 15.4. The van der Waals surface area contributed by atoms with Gasteiger partial charge in [0.05, 0.1) is 24.2 Å².